The lowest BCUT2D eigenvalue weighted by atomic mass is 9.72. The summed E-state index contributed by atoms with van der Waals surface area (Å²) >= 11 is 0. The molecule has 2 aromatic carbocycles. The molecule has 0 radical (unpaired) electrons. The van der Waals surface area contributed by atoms with Crippen LogP contribution in [0.25, 0.3) is 0 Å². The normalized spacial score (nSPS) is 27.1. The van der Waals surface area contributed by atoms with Crippen LogP contribution in [0.2, 0.25) is 0 Å². The van der Waals surface area contributed by atoms with E-state index in [2.05, 4.69) is 47.7 Å². The number of nitrogens with two attached hydrogens (primary N) is 1. The highest BCUT2D eigenvalue weighted by atomic mass is 16.2. The number of imide groups is 1. The minimum atomic E-state index is -0.723. The van der Waals surface area contributed by atoms with Gasteiger partial charge in [-0.05, 0) is 112 Å². The summed E-state index contributed by atoms with van der Waals surface area (Å²) in [5.41, 5.74) is 9.53. The van der Waals surface area contributed by atoms with Gasteiger partial charge in [-0.15, -0.1) is 10.2 Å². The predicted octanol–water partition coefficient (Wildman–Crippen LogP) is 3.58. The van der Waals surface area contributed by atoms with E-state index in [-0.39, 0.29) is 59.9 Å². The van der Waals surface area contributed by atoms with Crippen LogP contribution >= 0.6 is 0 Å². The number of rotatable bonds is 10. The van der Waals surface area contributed by atoms with Gasteiger partial charge in [-0.2, -0.15) is 4.98 Å². The van der Waals surface area contributed by atoms with Gasteiger partial charge in [0, 0.05) is 93.5 Å². The first-order valence-electron chi connectivity index (χ1n) is 22.7. The number of nitrogens with zero attached hydrogens (tertiary/aromatic N) is 8. The molecule has 10 rings (SSSR count). The highest BCUT2D eigenvalue weighted by molar-refractivity contribution is 6.17. The molecule has 2 bridgehead atoms. The molecule has 6 fully saturated rings. The Balaban J connectivity index is 0.707. The Morgan fingerprint density at radius 3 is 2.25 bits per heavy atom. The third-order valence-electron chi connectivity index (χ3n) is 15.1. The van der Waals surface area contributed by atoms with E-state index in [1.807, 2.05) is 36.2 Å². The number of piperidine rings is 4. The molecule has 5 unspecified atom stereocenters. The summed E-state index contributed by atoms with van der Waals surface area (Å²) in [6.07, 6.45) is 6.65. The van der Waals surface area contributed by atoms with Crippen LogP contribution in [0.3, 0.4) is 0 Å². The lowest BCUT2D eigenvalue weighted by molar-refractivity contribution is -0.137. The van der Waals surface area contributed by atoms with Crippen molar-refractivity contribution >= 4 is 58.5 Å². The number of benzene rings is 2. The van der Waals surface area contributed by atoms with Gasteiger partial charge in [0.05, 0.1) is 12.1 Å². The summed E-state index contributed by atoms with van der Waals surface area (Å²) in [4.78, 5) is 91.7. The van der Waals surface area contributed by atoms with E-state index in [0.717, 1.165) is 102 Å². The standard InChI is InChI=1S/C46H55N11O6/c1-53-18-19-56(46(53)63)36-20-27-21-37(36)57(25-27)45-50-43(40(42(47)61)51-52-45)48-30-4-2-28(3-5-30)29-12-14-54(15-13-29)24-26-10-16-55(17-11-26)31-6-7-32-34(22-31)38(58)23-35(41(32)60)33-8-9-39(59)49-44(33)62/h2-7,22,26-27,29,33,35-37H,8-21,23-25H2,1H3,(H2,47,61)(H,48,50,52)(H,49,59,62). The summed E-state index contributed by atoms with van der Waals surface area (Å²) < 4.78 is 0. The first kappa shape index (κ1) is 41.1. The van der Waals surface area contributed by atoms with E-state index in [1.165, 1.54) is 5.56 Å². The number of urea groups is 1. The fourth-order valence-electron chi connectivity index (χ4n) is 11.6. The quantitative estimate of drug-likeness (QED) is 0.250. The Morgan fingerprint density at radius 1 is 0.825 bits per heavy atom. The fraction of sp³-hybridized carbons (Fsp3) is 0.543. The molecule has 4 N–H and O–H groups in total. The molecular formula is C46H55N11O6. The number of hydrogen-bond acceptors (Lipinski definition) is 13. The van der Waals surface area contributed by atoms with Crippen molar-refractivity contribution < 1.29 is 28.8 Å². The number of carbonyl (C=O) groups excluding carboxylic acids is 6. The Hall–Kier alpha value is -5.97. The molecule has 6 heterocycles. The molecule has 2 aliphatic carbocycles. The summed E-state index contributed by atoms with van der Waals surface area (Å²) in [6, 6.07) is 14.1. The minimum Gasteiger partial charge on any atom is -0.371 e. The van der Waals surface area contributed by atoms with E-state index in [1.54, 1.807) is 11.0 Å². The molecule has 17 nitrogen and oxygen atoms in total. The largest absolute Gasteiger partial charge is 0.371 e. The van der Waals surface area contributed by atoms with Crippen molar-refractivity contribution in [2.75, 3.05) is 74.5 Å². The van der Waals surface area contributed by atoms with E-state index in [4.69, 9.17) is 10.7 Å². The fourth-order valence-corrected chi connectivity index (χ4v) is 11.6. The molecule has 330 valence electrons. The van der Waals surface area contributed by atoms with Crippen molar-refractivity contribution in [3.63, 3.8) is 0 Å². The zero-order valence-corrected chi connectivity index (χ0v) is 35.7. The lowest BCUT2D eigenvalue weighted by Gasteiger charge is -2.39. The van der Waals surface area contributed by atoms with Crippen LogP contribution in [-0.2, 0) is 9.59 Å². The second-order valence-corrected chi connectivity index (χ2v) is 18.8. The highest BCUT2D eigenvalue weighted by Crippen LogP contribution is 2.43. The lowest BCUT2D eigenvalue weighted by Crippen LogP contribution is -2.52. The van der Waals surface area contributed by atoms with Crippen LogP contribution in [0.1, 0.15) is 100 Å². The number of aromatic nitrogens is 3. The van der Waals surface area contributed by atoms with Crippen molar-refractivity contribution in [2.45, 2.75) is 75.8 Å². The SMILES string of the molecule is CN1CCN(C2CC3CC2N(c2nnc(C(N)=O)c(Nc4ccc(C5CCN(CC6CCN(c7ccc8c(c7)C(=O)CC(C7CCC(=O)NC7=O)C8=O)CC6)CC5)cc4)n2)C3)C1=O. The number of carbonyl (C=O) groups is 6. The van der Waals surface area contributed by atoms with Gasteiger partial charge < -0.3 is 35.6 Å². The van der Waals surface area contributed by atoms with Crippen LogP contribution < -0.4 is 26.2 Å². The van der Waals surface area contributed by atoms with E-state index in [0.29, 0.717) is 41.2 Å². The maximum Gasteiger partial charge on any atom is 0.320 e. The van der Waals surface area contributed by atoms with Gasteiger partial charge in [0.15, 0.2) is 23.1 Å². The van der Waals surface area contributed by atoms with Crippen molar-refractivity contribution in [1.29, 1.82) is 0 Å². The number of likely N-dealkylation sites (tertiary alicyclic amines) is 1. The van der Waals surface area contributed by atoms with Crippen LogP contribution in [-0.4, -0.2) is 137 Å². The number of likely N-dealkylation sites (N-methyl/N-ethyl adjacent to an activating group) is 1. The number of amides is 5. The third-order valence-corrected chi connectivity index (χ3v) is 15.1. The zero-order valence-electron chi connectivity index (χ0n) is 35.7. The molecule has 5 saturated heterocycles. The van der Waals surface area contributed by atoms with Crippen LogP contribution in [0.5, 0.6) is 0 Å². The predicted molar refractivity (Wildman–Crippen MR) is 233 cm³/mol. The highest BCUT2D eigenvalue weighted by Gasteiger charge is 2.51. The average Bonchev–Trinajstić information content (AvgIpc) is 4.00. The summed E-state index contributed by atoms with van der Waals surface area (Å²) in [5, 5.41) is 14.2. The second-order valence-electron chi connectivity index (χ2n) is 18.8. The molecule has 1 saturated carbocycles. The average molecular weight is 858 g/mol. The molecule has 63 heavy (non-hydrogen) atoms. The topological polar surface area (TPSA) is 207 Å². The van der Waals surface area contributed by atoms with Crippen molar-refractivity contribution in [1.82, 2.24) is 35.2 Å². The van der Waals surface area contributed by atoms with Gasteiger partial charge in [-0.25, -0.2) is 4.79 Å². The molecule has 17 heteroatoms. The smallest absolute Gasteiger partial charge is 0.320 e. The molecule has 5 aliphatic heterocycles. The Kier molecular flexibility index (Phi) is 10.8. The second kappa shape index (κ2) is 16.6. The first-order chi connectivity index (χ1) is 30.5. The summed E-state index contributed by atoms with van der Waals surface area (Å²) in [7, 11) is 1.84. The third kappa shape index (κ3) is 7.88. The van der Waals surface area contributed by atoms with Crippen molar-refractivity contribution in [3.05, 3.63) is 64.8 Å². The molecule has 5 atom stereocenters. The van der Waals surface area contributed by atoms with E-state index >= 15 is 0 Å². The number of anilines is 4. The van der Waals surface area contributed by atoms with Crippen molar-refractivity contribution in [3.8, 4) is 0 Å². The number of fused-ring (bicyclic) bond motifs is 3. The van der Waals surface area contributed by atoms with Crippen LogP contribution in [0, 0.1) is 23.7 Å². The summed E-state index contributed by atoms with van der Waals surface area (Å²) in [6.45, 7) is 7.12. The molecule has 7 aliphatic rings. The van der Waals surface area contributed by atoms with Crippen molar-refractivity contribution in [2.24, 2.45) is 29.4 Å². The first-order valence-corrected chi connectivity index (χ1v) is 22.7. The Labute approximate surface area is 366 Å². The number of nitrogens with one attached hydrogen (secondary N) is 2. The molecule has 3 aromatic rings. The van der Waals surface area contributed by atoms with Gasteiger partial charge in [0.1, 0.15) is 0 Å². The number of primary amides is 1. The maximum atomic E-state index is 13.5. The minimum absolute atomic E-state index is 0.00468. The van der Waals surface area contributed by atoms with E-state index in [9.17, 15) is 28.8 Å². The maximum absolute atomic E-state index is 13.5. The van der Waals surface area contributed by atoms with Gasteiger partial charge in [-0.1, -0.05) is 12.1 Å². The summed E-state index contributed by atoms with van der Waals surface area (Å²) in [5.74, 6) is -0.998. The van der Waals surface area contributed by atoms with Gasteiger partial charge in [-0.3, -0.25) is 29.3 Å². The van der Waals surface area contributed by atoms with Crippen LogP contribution in [0.15, 0.2) is 42.5 Å². The Morgan fingerprint density at radius 2 is 1.57 bits per heavy atom. The van der Waals surface area contributed by atoms with Gasteiger partial charge in [0.25, 0.3) is 5.91 Å². The van der Waals surface area contributed by atoms with Gasteiger partial charge >= 0.3 is 6.03 Å². The van der Waals surface area contributed by atoms with E-state index < -0.39 is 23.7 Å². The molecular weight excluding hydrogens is 803 g/mol. The van der Waals surface area contributed by atoms with Crippen LogP contribution in [0.4, 0.5) is 27.9 Å². The zero-order chi connectivity index (χ0) is 43.5. The molecule has 0 spiro atoms. The monoisotopic (exact) mass is 857 g/mol. The molecule has 1 aromatic heterocycles. The number of hydrogen-bond donors (Lipinski definition) is 3. The number of ketones is 2. The molecule has 5 amide bonds. The number of Topliss-reactive ketones (excluding diaryl/α,β-unsaturated/α-hetero) is 2. The van der Waals surface area contributed by atoms with Gasteiger partial charge in [0.2, 0.25) is 17.8 Å². The Bertz CT molecular complexity index is 2340.